The largest absolute Gasteiger partial charge is 0.488 e. The average Bonchev–Trinajstić information content (AvgIpc) is 3.08. The lowest BCUT2D eigenvalue weighted by Crippen LogP contribution is -2.35. The van der Waals surface area contributed by atoms with E-state index in [4.69, 9.17) is 4.74 Å². The van der Waals surface area contributed by atoms with Gasteiger partial charge in [-0.15, -0.1) is 0 Å². The molecular weight excluding hydrogens is 409 g/mol. The minimum absolute atomic E-state index is 0.00993. The van der Waals surface area contributed by atoms with Crippen molar-refractivity contribution in [3.63, 3.8) is 0 Å². The third-order valence-corrected chi connectivity index (χ3v) is 5.06. The number of hydrogen-bond donors (Lipinski definition) is 1. The van der Waals surface area contributed by atoms with E-state index in [0.717, 1.165) is 5.69 Å². The minimum Gasteiger partial charge on any atom is -0.488 e. The number of carbonyl (C=O) groups is 2. The molecule has 2 amide bonds. The number of hydrogen-bond acceptors (Lipinski definition) is 4. The molecule has 1 heterocycles. The van der Waals surface area contributed by atoms with Gasteiger partial charge in [-0.1, -0.05) is 36.4 Å². The summed E-state index contributed by atoms with van der Waals surface area (Å²) >= 11 is 0. The summed E-state index contributed by atoms with van der Waals surface area (Å²) in [6.07, 6.45) is 1.50. The monoisotopic (exact) mass is 431 g/mol. The molecule has 0 bridgehead atoms. The van der Waals surface area contributed by atoms with E-state index in [1.54, 1.807) is 54.6 Å². The van der Waals surface area contributed by atoms with Gasteiger partial charge in [-0.3, -0.25) is 15.0 Å². The van der Waals surface area contributed by atoms with Crippen LogP contribution in [0.3, 0.4) is 0 Å². The van der Waals surface area contributed by atoms with Crippen LogP contribution in [-0.2, 0) is 16.2 Å². The topological polar surface area (TPSA) is 61.9 Å². The standard InChI is InChI=1S/C25H22FN3O3/c1-28(2)20-13-12-17(23(15-20)32-16-18-8-6-7-11-22(18)26)14-21-24(30)27-29(25(21)31)19-9-4-3-5-10-19/h3-15H,16H2,1-2H3,(H,27,30)/b21-14-. The highest BCUT2D eigenvalue weighted by atomic mass is 19.1. The molecule has 0 aromatic heterocycles. The van der Waals surface area contributed by atoms with E-state index in [1.165, 1.54) is 17.2 Å². The van der Waals surface area contributed by atoms with Crippen LogP contribution >= 0.6 is 0 Å². The fraction of sp³-hybridized carbons (Fsp3) is 0.120. The van der Waals surface area contributed by atoms with Crippen molar-refractivity contribution in [3.05, 3.63) is 95.3 Å². The van der Waals surface area contributed by atoms with Crippen molar-refractivity contribution in [3.8, 4) is 5.75 Å². The van der Waals surface area contributed by atoms with Crippen molar-refractivity contribution in [2.24, 2.45) is 0 Å². The van der Waals surface area contributed by atoms with Crippen LogP contribution in [0.1, 0.15) is 11.1 Å². The smallest absolute Gasteiger partial charge is 0.282 e. The van der Waals surface area contributed by atoms with Crippen LogP contribution in [0.5, 0.6) is 5.75 Å². The van der Waals surface area contributed by atoms with E-state index in [-0.39, 0.29) is 18.0 Å². The fourth-order valence-corrected chi connectivity index (χ4v) is 3.29. The summed E-state index contributed by atoms with van der Waals surface area (Å²) in [6.45, 7) is 0.00993. The van der Waals surface area contributed by atoms with Crippen LogP contribution in [-0.4, -0.2) is 25.9 Å². The van der Waals surface area contributed by atoms with E-state index in [0.29, 0.717) is 22.6 Å². The normalized spacial score (nSPS) is 14.6. The number of para-hydroxylation sites is 1. The SMILES string of the molecule is CN(C)c1ccc(/C=C2/C(=O)NN(c3ccccc3)C2=O)c(OCc2ccccc2F)c1. The Morgan fingerprint density at radius 2 is 1.72 bits per heavy atom. The van der Waals surface area contributed by atoms with Gasteiger partial charge in [0.1, 0.15) is 23.7 Å². The fourth-order valence-electron chi connectivity index (χ4n) is 3.29. The van der Waals surface area contributed by atoms with E-state index in [2.05, 4.69) is 5.43 Å². The molecule has 1 fully saturated rings. The first-order chi connectivity index (χ1) is 15.4. The summed E-state index contributed by atoms with van der Waals surface area (Å²) in [7, 11) is 3.78. The Morgan fingerprint density at radius 3 is 2.44 bits per heavy atom. The zero-order valence-electron chi connectivity index (χ0n) is 17.7. The molecule has 0 aliphatic carbocycles. The van der Waals surface area contributed by atoms with Crippen molar-refractivity contribution in [2.45, 2.75) is 6.61 Å². The molecule has 0 atom stereocenters. The highest BCUT2D eigenvalue weighted by Gasteiger charge is 2.34. The lowest BCUT2D eigenvalue weighted by Gasteiger charge is -2.16. The molecule has 6 nitrogen and oxygen atoms in total. The van der Waals surface area contributed by atoms with E-state index < -0.39 is 11.8 Å². The van der Waals surface area contributed by atoms with Crippen LogP contribution in [0.4, 0.5) is 15.8 Å². The number of hydrazine groups is 1. The number of nitrogens with zero attached hydrogens (tertiary/aromatic N) is 2. The molecule has 7 heteroatoms. The summed E-state index contributed by atoms with van der Waals surface area (Å²) in [5, 5.41) is 1.21. The Morgan fingerprint density at radius 1 is 1.00 bits per heavy atom. The summed E-state index contributed by atoms with van der Waals surface area (Å²) in [6, 6.07) is 20.6. The molecule has 0 spiro atoms. The van der Waals surface area contributed by atoms with Gasteiger partial charge in [0.05, 0.1) is 5.69 Å². The maximum Gasteiger partial charge on any atom is 0.282 e. The molecule has 4 rings (SSSR count). The molecule has 1 N–H and O–H groups in total. The number of ether oxygens (including phenoxy) is 1. The third kappa shape index (κ3) is 4.32. The molecule has 32 heavy (non-hydrogen) atoms. The van der Waals surface area contributed by atoms with Crippen LogP contribution in [0.25, 0.3) is 6.08 Å². The van der Waals surface area contributed by atoms with E-state index >= 15 is 0 Å². The molecule has 3 aromatic carbocycles. The van der Waals surface area contributed by atoms with Gasteiger partial charge >= 0.3 is 0 Å². The first kappa shape index (κ1) is 21.1. The van der Waals surface area contributed by atoms with Gasteiger partial charge in [0.25, 0.3) is 11.8 Å². The van der Waals surface area contributed by atoms with Crippen molar-refractivity contribution in [1.29, 1.82) is 0 Å². The third-order valence-electron chi connectivity index (χ3n) is 5.06. The number of amides is 2. The van der Waals surface area contributed by atoms with Crippen LogP contribution in [0.15, 0.2) is 78.4 Å². The summed E-state index contributed by atoms with van der Waals surface area (Å²) in [5.41, 5.74) is 4.95. The summed E-state index contributed by atoms with van der Waals surface area (Å²) in [5.74, 6) is -0.890. The highest BCUT2D eigenvalue weighted by molar-refractivity contribution is 6.31. The quantitative estimate of drug-likeness (QED) is 0.475. The van der Waals surface area contributed by atoms with Crippen LogP contribution in [0.2, 0.25) is 0 Å². The van der Waals surface area contributed by atoms with Gasteiger partial charge in [-0.05, 0) is 36.4 Å². The Kier molecular flexibility index (Phi) is 5.89. The molecule has 1 saturated heterocycles. The second-order valence-corrected chi connectivity index (χ2v) is 7.47. The molecule has 0 saturated carbocycles. The van der Waals surface area contributed by atoms with E-state index in [1.807, 2.05) is 31.1 Å². The predicted octanol–water partition coefficient (Wildman–Crippen LogP) is 3.93. The zero-order chi connectivity index (χ0) is 22.7. The number of carbonyl (C=O) groups excluding carboxylic acids is 2. The lowest BCUT2D eigenvalue weighted by atomic mass is 10.1. The molecule has 162 valence electrons. The lowest BCUT2D eigenvalue weighted by molar-refractivity contribution is -0.117. The number of rotatable bonds is 6. The van der Waals surface area contributed by atoms with Gasteiger partial charge in [0.2, 0.25) is 0 Å². The highest BCUT2D eigenvalue weighted by Crippen LogP contribution is 2.30. The summed E-state index contributed by atoms with van der Waals surface area (Å²) in [4.78, 5) is 27.3. The second kappa shape index (κ2) is 8.93. The van der Waals surface area contributed by atoms with Gasteiger partial charge in [0, 0.05) is 37.0 Å². The maximum absolute atomic E-state index is 14.0. The Bertz CT molecular complexity index is 1190. The summed E-state index contributed by atoms with van der Waals surface area (Å²) < 4.78 is 20.0. The molecular formula is C25H22FN3O3. The number of nitrogens with one attached hydrogen (secondary N) is 1. The molecule has 0 radical (unpaired) electrons. The van der Waals surface area contributed by atoms with Crippen molar-refractivity contribution < 1.29 is 18.7 Å². The van der Waals surface area contributed by atoms with Gasteiger partial charge < -0.3 is 9.64 Å². The van der Waals surface area contributed by atoms with Crippen molar-refractivity contribution >= 4 is 29.3 Å². The van der Waals surface area contributed by atoms with Crippen LogP contribution < -0.4 is 20.1 Å². The molecule has 0 unspecified atom stereocenters. The molecule has 1 aliphatic heterocycles. The van der Waals surface area contributed by atoms with Gasteiger partial charge in [-0.25, -0.2) is 9.40 Å². The Hall–Kier alpha value is -4.13. The Labute approximate surface area is 185 Å². The predicted molar refractivity (Wildman–Crippen MR) is 122 cm³/mol. The minimum atomic E-state index is -0.504. The van der Waals surface area contributed by atoms with Crippen molar-refractivity contribution in [2.75, 3.05) is 24.0 Å². The van der Waals surface area contributed by atoms with Gasteiger partial charge in [0.15, 0.2) is 0 Å². The first-order valence-corrected chi connectivity index (χ1v) is 10.0. The second-order valence-electron chi connectivity index (χ2n) is 7.47. The number of benzene rings is 3. The van der Waals surface area contributed by atoms with Crippen LogP contribution in [0, 0.1) is 5.82 Å². The Balaban J connectivity index is 1.66. The van der Waals surface area contributed by atoms with Crippen molar-refractivity contribution in [1.82, 2.24) is 5.43 Å². The molecule has 3 aromatic rings. The maximum atomic E-state index is 14.0. The number of anilines is 2. The average molecular weight is 431 g/mol. The van der Waals surface area contributed by atoms with E-state index in [9.17, 15) is 14.0 Å². The number of halogens is 1. The first-order valence-electron chi connectivity index (χ1n) is 10.0. The zero-order valence-corrected chi connectivity index (χ0v) is 17.7. The molecule has 1 aliphatic rings. The van der Waals surface area contributed by atoms with Gasteiger partial charge in [-0.2, -0.15) is 0 Å².